The molecule has 106 valence electrons. The average molecular weight is 279 g/mol. The van der Waals surface area contributed by atoms with Gasteiger partial charge in [-0.05, 0) is 29.7 Å². The summed E-state index contributed by atoms with van der Waals surface area (Å²) in [4.78, 5) is 8.73. The normalized spacial score (nSPS) is 12.3. The molecule has 1 unspecified atom stereocenters. The number of nitrogens with two attached hydrogens (primary N) is 1. The lowest BCUT2D eigenvalue weighted by Crippen LogP contribution is -2.14. The number of aromatic nitrogens is 2. The van der Waals surface area contributed by atoms with Crippen LogP contribution < -0.4 is 10.5 Å². The van der Waals surface area contributed by atoms with Gasteiger partial charge in [-0.15, -0.1) is 0 Å². The van der Waals surface area contributed by atoms with Crippen LogP contribution in [0.5, 0.6) is 5.75 Å². The lowest BCUT2D eigenvalue weighted by molar-refractivity contribution is 0.408. The topological polar surface area (TPSA) is 61.0 Å². The Labute approximate surface area is 123 Å². The molecule has 4 nitrogen and oxygen atoms in total. The molecule has 1 aromatic heterocycles. The van der Waals surface area contributed by atoms with Gasteiger partial charge >= 0.3 is 0 Å². The minimum atomic E-state index is -0.151. The van der Waals surface area contributed by atoms with Crippen molar-refractivity contribution in [2.75, 3.05) is 7.11 Å². The van der Waals surface area contributed by atoms with Crippen LogP contribution in [0.3, 0.4) is 0 Å². The number of hydrogen-bond acceptors (Lipinski definition) is 4. The molecule has 0 aliphatic rings. The van der Waals surface area contributed by atoms with Gasteiger partial charge in [0.15, 0.2) is 0 Å². The van der Waals surface area contributed by atoms with Gasteiger partial charge in [-0.3, -0.25) is 9.97 Å². The first-order valence-electron chi connectivity index (χ1n) is 6.86. The predicted molar refractivity (Wildman–Crippen MR) is 83.2 cm³/mol. The summed E-state index contributed by atoms with van der Waals surface area (Å²) in [5.41, 5.74) is 10.2. The Morgan fingerprint density at radius 1 is 1.05 bits per heavy atom. The molecule has 4 heteroatoms. The fourth-order valence-corrected chi connectivity index (χ4v) is 2.53. The van der Waals surface area contributed by atoms with Crippen LogP contribution in [0.25, 0.3) is 11.0 Å². The van der Waals surface area contributed by atoms with Gasteiger partial charge in [0.25, 0.3) is 0 Å². The standard InChI is InChI=1S/C17H17N3O/c1-21-16-8-3-2-5-12(16)11-14(18)13-6-4-7-15-17(13)20-10-9-19-15/h2-10,14H,11,18H2,1H3. The fourth-order valence-electron chi connectivity index (χ4n) is 2.53. The molecule has 0 fully saturated rings. The third-order valence-corrected chi connectivity index (χ3v) is 3.56. The maximum absolute atomic E-state index is 6.39. The minimum absolute atomic E-state index is 0.151. The molecule has 0 radical (unpaired) electrons. The molecule has 0 amide bonds. The molecule has 0 aliphatic carbocycles. The van der Waals surface area contributed by atoms with Crippen LogP contribution in [0, 0.1) is 0 Å². The molecule has 0 saturated carbocycles. The fraction of sp³-hybridized carbons (Fsp3) is 0.176. The highest BCUT2D eigenvalue weighted by molar-refractivity contribution is 5.78. The lowest BCUT2D eigenvalue weighted by atomic mass is 9.98. The molecule has 2 aromatic carbocycles. The van der Waals surface area contributed by atoms with Crippen molar-refractivity contribution in [1.29, 1.82) is 0 Å². The van der Waals surface area contributed by atoms with Gasteiger partial charge in [0.05, 0.1) is 18.1 Å². The second-order valence-corrected chi connectivity index (χ2v) is 4.89. The van der Waals surface area contributed by atoms with Crippen LogP contribution in [0.15, 0.2) is 54.9 Å². The number of para-hydroxylation sites is 2. The summed E-state index contributed by atoms with van der Waals surface area (Å²) in [6.45, 7) is 0. The Kier molecular flexibility index (Phi) is 3.79. The molecule has 2 N–H and O–H groups in total. The van der Waals surface area contributed by atoms with Crippen molar-refractivity contribution in [2.24, 2.45) is 5.73 Å². The summed E-state index contributed by atoms with van der Waals surface area (Å²) in [6, 6.07) is 13.7. The first kappa shape index (κ1) is 13.5. The quantitative estimate of drug-likeness (QED) is 0.797. The molecule has 0 spiro atoms. The summed E-state index contributed by atoms with van der Waals surface area (Å²) in [6.07, 6.45) is 4.08. The van der Waals surface area contributed by atoms with E-state index in [9.17, 15) is 0 Å². The van der Waals surface area contributed by atoms with Gasteiger partial charge in [-0.25, -0.2) is 0 Å². The van der Waals surface area contributed by atoms with E-state index >= 15 is 0 Å². The van der Waals surface area contributed by atoms with E-state index in [1.54, 1.807) is 19.5 Å². The Balaban J connectivity index is 1.96. The van der Waals surface area contributed by atoms with Crippen molar-refractivity contribution in [3.05, 3.63) is 66.0 Å². The molecule has 0 saturated heterocycles. The third kappa shape index (κ3) is 2.71. The molecular formula is C17H17N3O. The van der Waals surface area contributed by atoms with Crippen molar-refractivity contribution < 1.29 is 4.74 Å². The number of rotatable bonds is 4. The minimum Gasteiger partial charge on any atom is -0.496 e. The summed E-state index contributed by atoms with van der Waals surface area (Å²) in [5.74, 6) is 0.860. The largest absolute Gasteiger partial charge is 0.496 e. The molecule has 1 heterocycles. The monoisotopic (exact) mass is 279 g/mol. The van der Waals surface area contributed by atoms with Crippen molar-refractivity contribution >= 4 is 11.0 Å². The Morgan fingerprint density at radius 3 is 2.71 bits per heavy atom. The molecule has 21 heavy (non-hydrogen) atoms. The van der Waals surface area contributed by atoms with Gasteiger partial charge in [-0.2, -0.15) is 0 Å². The summed E-state index contributed by atoms with van der Waals surface area (Å²) >= 11 is 0. The summed E-state index contributed by atoms with van der Waals surface area (Å²) in [5, 5.41) is 0. The molecule has 3 aromatic rings. The van der Waals surface area contributed by atoms with Gasteiger partial charge < -0.3 is 10.5 Å². The summed E-state index contributed by atoms with van der Waals surface area (Å²) in [7, 11) is 1.67. The first-order valence-corrected chi connectivity index (χ1v) is 6.86. The second kappa shape index (κ2) is 5.89. The van der Waals surface area contributed by atoms with Gasteiger partial charge in [0.1, 0.15) is 5.75 Å². The van der Waals surface area contributed by atoms with Crippen molar-refractivity contribution in [3.63, 3.8) is 0 Å². The van der Waals surface area contributed by atoms with E-state index in [2.05, 4.69) is 9.97 Å². The number of benzene rings is 2. The molecular weight excluding hydrogens is 262 g/mol. The lowest BCUT2D eigenvalue weighted by Gasteiger charge is -2.15. The highest BCUT2D eigenvalue weighted by Gasteiger charge is 2.14. The van der Waals surface area contributed by atoms with Crippen LogP contribution in [-0.4, -0.2) is 17.1 Å². The molecule has 1 atom stereocenters. The van der Waals surface area contributed by atoms with Crippen LogP contribution in [-0.2, 0) is 6.42 Å². The zero-order valence-electron chi connectivity index (χ0n) is 11.9. The van der Waals surface area contributed by atoms with Crippen molar-refractivity contribution in [3.8, 4) is 5.75 Å². The van der Waals surface area contributed by atoms with E-state index in [1.807, 2.05) is 42.5 Å². The SMILES string of the molecule is COc1ccccc1CC(N)c1cccc2nccnc12. The van der Waals surface area contributed by atoms with E-state index < -0.39 is 0 Å². The Bertz CT molecular complexity index is 752. The zero-order chi connectivity index (χ0) is 14.7. The van der Waals surface area contributed by atoms with Crippen LogP contribution in [0.2, 0.25) is 0 Å². The predicted octanol–water partition coefficient (Wildman–Crippen LogP) is 2.88. The zero-order valence-corrected chi connectivity index (χ0v) is 11.9. The molecule has 0 aliphatic heterocycles. The average Bonchev–Trinajstić information content (AvgIpc) is 2.54. The van der Waals surface area contributed by atoms with Gasteiger partial charge in [0, 0.05) is 18.4 Å². The number of methoxy groups -OCH3 is 1. The Morgan fingerprint density at radius 2 is 1.86 bits per heavy atom. The third-order valence-electron chi connectivity index (χ3n) is 3.56. The molecule has 3 rings (SSSR count). The van der Waals surface area contributed by atoms with E-state index in [-0.39, 0.29) is 6.04 Å². The van der Waals surface area contributed by atoms with Crippen LogP contribution in [0.4, 0.5) is 0 Å². The first-order chi connectivity index (χ1) is 10.3. The van der Waals surface area contributed by atoms with Crippen LogP contribution >= 0.6 is 0 Å². The van der Waals surface area contributed by atoms with E-state index in [4.69, 9.17) is 10.5 Å². The highest BCUT2D eigenvalue weighted by Crippen LogP contribution is 2.26. The number of ether oxygens (including phenoxy) is 1. The smallest absolute Gasteiger partial charge is 0.122 e. The van der Waals surface area contributed by atoms with Crippen molar-refractivity contribution in [1.82, 2.24) is 9.97 Å². The maximum Gasteiger partial charge on any atom is 0.122 e. The highest BCUT2D eigenvalue weighted by atomic mass is 16.5. The van der Waals surface area contributed by atoms with Crippen LogP contribution in [0.1, 0.15) is 17.2 Å². The second-order valence-electron chi connectivity index (χ2n) is 4.89. The van der Waals surface area contributed by atoms with Crippen molar-refractivity contribution in [2.45, 2.75) is 12.5 Å². The number of nitrogens with zero attached hydrogens (tertiary/aromatic N) is 2. The van der Waals surface area contributed by atoms with Gasteiger partial charge in [-0.1, -0.05) is 30.3 Å². The Hall–Kier alpha value is -2.46. The van der Waals surface area contributed by atoms with E-state index in [0.29, 0.717) is 6.42 Å². The summed E-state index contributed by atoms with van der Waals surface area (Å²) < 4.78 is 5.39. The number of fused-ring (bicyclic) bond motifs is 1. The van der Waals surface area contributed by atoms with E-state index in [1.165, 1.54) is 0 Å². The number of hydrogen-bond donors (Lipinski definition) is 1. The van der Waals surface area contributed by atoms with Gasteiger partial charge in [0.2, 0.25) is 0 Å². The molecule has 0 bridgehead atoms. The maximum atomic E-state index is 6.39. The van der Waals surface area contributed by atoms with E-state index in [0.717, 1.165) is 27.9 Å².